The van der Waals surface area contributed by atoms with Crippen molar-refractivity contribution in [1.82, 2.24) is 0 Å². The minimum Gasteiger partial charge on any atom is -0.484 e. The van der Waals surface area contributed by atoms with E-state index in [1.54, 1.807) is 0 Å². The lowest BCUT2D eigenvalue weighted by Gasteiger charge is -2.10. The Morgan fingerprint density at radius 2 is 1.92 bits per heavy atom. The number of benzene rings is 2. The molecule has 0 saturated heterocycles. The molecule has 0 aliphatic carbocycles. The number of nitro benzene ring substituents is 1. The number of nitrogens with zero attached hydrogens (tertiary/aromatic N) is 1. The van der Waals surface area contributed by atoms with Crippen LogP contribution in [-0.4, -0.2) is 17.4 Å². The van der Waals surface area contributed by atoms with Gasteiger partial charge in [-0.25, -0.2) is 0 Å². The number of carbonyl (C=O) groups excluding carboxylic acids is 1. The van der Waals surface area contributed by atoms with E-state index >= 15 is 0 Å². The van der Waals surface area contributed by atoms with Gasteiger partial charge in [0.1, 0.15) is 5.75 Å². The van der Waals surface area contributed by atoms with Crippen LogP contribution in [0.3, 0.4) is 0 Å². The molecule has 0 unspecified atom stereocenters. The Hall–Kier alpha value is -3.17. The third-order valence-electron chi connectivity index (χ3n) is 2.96. The predicted octanol–water partition coefficient (Wildman–Crippen LogP) is 3.77. The van der Waals surface area contributed by atoms with Gasteiger partial charge in [0.05, 0.1) is 10.5 Å². The van der Waals surface area contributed by atoms with E-state index in [1.165, 1.54) is 6.07 Å². The Balaban J connectivity index is 2.00. The predicted molar refractivity (Wildman–Crippen MR) is 78.6 cm³/mol. The molecule has 0 spiro atoms. The van der Waals surface area contributed by atoms with Gasteiger partial charge in [0.2, 0.25) is 5.82 Å². The van der Waals surface area contributed by atoms with Gasteiger partial charge in [0.25, 0.3) is 5.91 Å². The second kappa shape index (κ2) is 7.16. The molecule has 0 saturated carbocycles. The highest BCUT2D eigenvalue weighted by Gasteiger charge is 2.30. The lowest BCUT2D eigenvalue weighted by Crippen LogP contribution is -2.20. The summed E-state index contributed by atoms with van der Waals surface area (Å²) in [6.45, 7) is -0.632. The Morgan fingerprint density at radius 3 is 2.56 bits per heavy atom. The summed E-state index contributed by atoms with van der Waals surface area (Å²) in [5.74, 6) is -2.02. The fourth-order valence-electron chi connectivity index (χ4n) is 1.84. The van der Waals surface area contributed by atoms with Crippen LogP contribution in [0.15, 0.2) is 42.5 Å². The summed E-state index contributed by atoms with van der Waals surface area (Å²) in [5, 5.41) is 12.8. The molecule has 10 heteroatoms. The Morgan fingerprint density at radius 1 is 1.20 bits per heavy atom. The monoisotopic (exact) mass is 358 g/mol. The molecule has 1 N–H and O–H groups in total. The molecule has 1 amide bonds. The highest BCUT2D eigenvalue weighted by atomic mass is 19.4. The van der Waals surface area contributed by atoms with Gasteiger partial charge in [0.15, 0.2) is 6.61 Å². The summed E-state index contributed by atoms with van der Waals surface area (Å²) in [6, 6.07) is 6.68. The summed E-state index contributed by atoms with van der Waals surface area (Å²) in [4.78, 5) is 21.4. The first-order chi connectivity index (χ1) is 11.7. The Bertz CT molecular complexity index is 808. The molecule has 0 heterocycles. The fraction of sp³-hybridized carbons (Fsp3) is 0.133. The number of halogens is 4. The summed E-state index contributed by atoms with van der Waals surface area (Å²) in [7, 11) is 0. The third-order valence-corrected chi connectivity index (χ3v) is 2.96. The highest BCUT2D eigenvalue weighted by molar-refractivity contribution is 5.92. The van der Waals surface area contributed by atoms with E-state index in [2.05, 4.69) is 5.32 Å². The summed E-state index contributed by atoms with van der Waals surface area (Å²) >= 11 is 0. The zero-order valence-corrected chi connectivity index (χ0v) is 12.3. The average molecular weight is 358 g/mol. The zero-order valence-electron chi connectivity index (χ0n) is 12.3. The molecule has 2 rings (SSSR count). The molecule has 0 aliphatic rings. The van der Waals surface area contributed by atoms with Crippen molar-refractivity contribution in [3.63, 3.8) is 0 Å². The Kier molecular flexibility index (Phi) is 5.20. The smallest absolute Gasteiger partial charge is 0.416 e. The Labute approximate surface area is 138 Å². The van der Waals surface area contributed by atoms with E-state index in [9.17, 15) is 32.5 Å². The van der Waals surface area contributed by atoms with Gasteiger partial charge < -0.3 is 10.1 Å². The molecule has 0 fully saturated rings. The van der Waals surface area contributed by atoms with Crippen molar-refractivity contribution in [2.45, 2.75) is 6.18 Å². The maximum atomic E-state index is 13.2. The van der Waals surface area contributed by atoms with Crippen molar-refractivity contribution >= 4 is 17.3 Å². The van der Waals surface area contributed by atoms with Gasteiger partial charge in [-0.1, -0.05) is 6.07 Å². The third kappa shape index (κ3) is 4.90. The first-order valence-corrected chi connectivity index (χ1v) is 6.70. The molecule has 0 atom stereocenters. The van der Waals surface area contributed by atoms with Gasteiger partial charge in [-0.3, -0.25) is 14.9 Å². The van der Waals surface area contributed by atoms with Crippen LogP contribution in [0.25, 0.3) is 0 Å². The quantitative estimate of drug-likeness (QED) is 0.501. The molecule has 25 heavy (non-hydrogen) atoms. The van der Waals surface area contributed by atoms with Crippen LogP contribution in [0.4, 0.5) is 28.9 Å². The molecular formula is C15H10F4N2O4. The van der Waals surface area contributed by atoms with Crippen LogP contribution >= 0.6 is 0 Å². The van der Waals surface area contributed by atoms with Crippen molar-refractivity contribution in [1.29, 1.82) is 0 Å². The first kappa shape index (κ1) is 18.2. The molecule has 2 aromatic carbocycles. The van der Waals surface area contributed by atoms with Crippen LogP contribution in [0.5, 0.6) is 5.75 Å². The van der Waals surface area contributed by atoms with Gasteiger partial charge in [-0.15, -0.1) is 0 Å². The summed E-state index contributed by atoms with van der Waals surface area (Å²) < 4.78 is 55.9. The number of rotatable bonds is 5. The molecule has 0 bridgehead atoms. The maximum absolute atomic E-state index is 13.2. The number of hydrogen-bond donors (Lipinski definition) is 1. The summed E-state index contributed by atoms with van der Waals surface area (Å²) in [5.41, 5.74) is -1.80. The second-order valence-electron chi connectivity index (χ2n) is 4.79. The number of nitro groups is 1. The van der Waals surface area contributed by atoms with Crippen molar-refractivity contribution in [2.24, 2.45) is 0 Å². The molecule has 0 radical (unpaired) electrons. The highest BCUT2D eigenvalue weighted by Crippen LogP contribution is 2.31. The van der Waals surface area contributed by atoms with Gasteiger partial charge in [0, 0.05) is 11.8 Å². The van der Waals surface area contributed by atoms with Crippen LogP contribution in [0.2, 0.25) is 0 Å². The number of ether oxygens (including phenoxy) is 1. The van der Waals surface area contributed by atoms with E-state index in [-0.39, 0.29) is 11.4 Å². The fourth-order valence-corrected chi connectivity index (χ4v) is 1.84. The molecule has 0 aliphatic heterocycles. The van der Waals surface area contributed by atoms with Crippen molar-refractivity contribution in [3.05, 3.63) is 64.0 Å². The van der Waals surface area contributed by atoms with Crippen LogP contribution in [0, 0.1) is 15.9 Å². The number of amides is 1. The zero-order chi connectivity index (χ0) is 18.6. The van der Waals surface area contributed by atoms with E-state index in [0.29, 0.717) is 0 Å². The topological polar surface area (TPSA) is 81.5 Å². The van der Waals surface area contributed by atoms with E-state index in [4.69, 9.17) is 4.74 Å². The van der Waals surface area contributed by atoms with Gasteiger partial charge in [-0.2, -0.15) is 17.6 Å². The molecule has 2 aromatic rings. The standard InChI is InChI=1S/C15H10F4N2O4/c16-12-5-4-10(7-13(12)21(23)24)20-14(22)8-25-11-3-1-2-9(6-11)15(17,18)19/h1-7H,8H2,(H,20,22). The second-order valence-corrected chi connectivity index (χ2v) is 4.79. The first-order valence-electron chi connectivity index (χ1n) is 6.70. The van der Waals surface area contributed by atoms with Crippen LogP contribution in [-0.2, 0) is 11.0 Å². The minimum absolute atomic E-state index is 0.0502. The molecule has 0 aromatic heterocycles. The average Bonchev–Trinajstić information content (AvgIpc) is 2.54. The molecular weight excluding hydrogens is 348 g/mol. The maximum Gasteiger partial charge on any atom is 0.416 e. The van der Waals surface area contributed by atoms with E-state index in [0.717, 1.165) is 36.4 Å². The largest absolute Gasteiger partial charge is 0.484 e. The van der Waals surface area contributed by atoms with Gasteiger partial charge >= 0.3 is 11.9 Å². The number of hydrogen-bond acceptors (Lipinski definition) is 4. The number of carbonyl (C=O) groups is 1. The van der Waals surface area contributed by atoms with Crippen LogP contribution < -0.4 is 10.1 Å². The lowest BCUT2D eigenvalue weighted by atomic mass is 10.2. The van der Waals surface area contributed by atoms with E-state index in [1.807, 2.05) is 0 Å². The van der Waals surface area contributed by atoms with Crippen molar-refractivity contribution in [2.75, 3.05) is 11.9 Å². The summed E-state index contributed by atoms with van der Waals surface area (Å²) in [6.07, 6.45) is -4.55. The molecule has 132 valence electrons. The lowest BCUT2D eigenvalue weighted by molar-refractivity contribution is -0.387. The van der Waals surface area contributed by atoms with Gasteiger partial charge in [-0.05, 0) is 30.3 Å². The van der Waals surface area contributed by atoms with Crippen molar-refractivity contribution < 1.29 is 32.0 Å². The SMILES string of the molecule is O=C(COc1cccc(C(F)(F)F)c1)Nc1ccc(F)c([N+](=O)[O-])c1. The number of nitrogens with one attached hydrogen (secondary N) is 1. The number of anilines is 1. The number of alkyl halides is 3. The van der Waals surface area contributed by atoms with E-state index < -0.39 is 40.7 Å². The van der Waals surface area contributed by atoms with Crippen molar-refractivity contribution in [3.8, 4) is 5.75 Å². The minimum atomic E-state index is -4.55. The molecule has 6 nitrogen and oxygen atoms in total. The normalized spacial score (nSPS) is 11.0. The van der Waals surface area contributed by atoms with Crippen LogP contribution in [0.1, 0.15) is 5.56 Å².